The molecule has 4 nitrogen and oxygen atoms in total. The van der Waals surface area contributed by atoms with Gasteiger partial charge in [-0.05, 0) is 18.2 Å². The molecule has 2 aromatic rings. The zero-order chi connectivity index (χ0) is 11.5. The third-order valence-electron chi connectivity index (χ3n) is 1.92. The molecule has 0 aliphatic rings. The van der Waals surface area contributed by atoms with Crippen LogP contribution in [-0.4, -0.2) is 9.78 Å². The maximum Gasteiger partial charge on any atom is 0.165 e. The summed E-state index contributed by atoms with van der Waals surface area (Å²) < 4.78 is 8.02. The van der Waals surface area contributed by atoms with Gasteiger partial charge >= 0.3 is 0 Å². The zero-order valence-electron chi connectivity index (χ0n) is 8.51. The number of ether oxygens (including phenoxy) is 1. The fourth-order valence-electron chi connectivity index (χ4n) is 1.27. The van der Waals surface area contributed by atoms with Gasteiger partial charge in [-0.1, -0.05) is 15.9 Å². The van der Waals surface area contributed by atoms with E-state index in [4.69, 9.17) is 10.00 Å². The first-order valence-corrected chi connectivity index (χ1v) is 5.34. The van der Waals surface area contributed by atoms with Crippen LogP contribution in [0.1, 0.15) is 5.56 Å². The molecule has 0 N–H and O–H groups in total. The summed E-state index contributed by atoms with van der Waals surface area (Å²) in [6, 6.07) is 7.28. The number of nitriles is 1. The number of aryl methyl sites for hydroxylation is 1. The minimum absolute atomic E-state index is 0.549. The Morgan fingerprint density at radius 1 is 1.38 bits per heavy atom. The van der Waals surface area contributed by atoms with Crippen LogP contribution in [0.25, 0.3) is 0 Å². The molecule has 1 aromatic carbocycles. The highest BCUT2D eigenvalue weighted by atomic mass is 79.9. The highest BCUT2D eigenvalue weighted by Gasteiger charge is 2.03. The summed E-state index contributed by atoms with van der Waals surface area (Å²) in [4.78, 5) is 0. The first-order chi connectivity index (χ1) is 7.67. The van der Waals surface area contributed by atoms with Gasteiger partial charge in [0.25, 0.3) is 0 Å². The van der Waals surface area contributed by atoms with Gasteiger partial charge in [0.1, 0.15) is 5.75 Å². The van der Waals surface area contributed by atoms with E-state index in [0.29, 0.717) is 17.1 Å². The maximum absolute atomic E-state index is 8.81. The van der Waals surface area contributed by atoms with Crippen molar-refractivity contribution in [3.05, 3.63) is 40.6 Å². The number of hydrogen-bond donors (Lipinski definition) is 0. The fourth-order valence-corrected chi connectivity index (χ4v) is 1.75. The summed E-state index contributed by atoms with van der Waals surface area (Å²) >= 11 is 3.32. The summed E-state index contributed by atoms with van der Waals surface area (Å²) in [5.41, 5.74) is 0.549. The van der Waals surface area contributed by atoms with E-state index in [2.05, 4.69) is 27.1 Å². The molecule has 0 spiro atoms. The van der Waals surface area contributed by atoms with Crippen molar-refractivity contribution in [1.29, 1.82) is 5.26 Å². The van der Waals surface area contributed by atoms with Gasteiger partial charge in [-0.3, -0.25) is 4.68 Å². The van der Waals surface area contributed by atoms with Gasteiger partial charge in [-0.2, -0.15) is 10.4 Å². The quantitative estimate of drug-likeness (QED) is 0.848. The Morgan fingerprint density at radius 3 is 2.81 bits per heavy atom. The molecule has 5 heteroatoms. The number of aromatic nitrogens is 2. The van der Waals surface area contributed by atoms with Crippen LogP contribution in [0.2, 0.25) is 0 Å². The van der Waals surface area contributed by atoms with Crippen LogP contribution in [-0.2, 0) is 7.05 Å². The molecular formula is C11H8BrN3O. The van der Waals surface area contributed by atoms with Crippen molar-refractivity contribution in [3.63, 3.8) is 0 Å². The Morgan fingerprint density at radius 2 is 2.19 bits per heavy atom. The molecule has 0 atom stereocenters. The topological polar surface area (TPSA) is 50.8 Å². The lowest BCUT2D eigenvalue weighted by Gasteiger charge is -2.03. The lowest BCUT2D eigenvalue weighted by Crippen LogP contribution is -1.85. The Bertz CT molecular complexity index is 557. The van der Waals surface area contributed by atoms with Crippen LogP contribution in [0.5, 0.6) is 11.5 Å². The number of hydrogen-bond acceptors (Lipinski definition) is 3. The average Bonchev–Trinajstić information content (AvgIpc) is 2.63. The first kappa shape index (κ1) is 10.7. The van der Waals surface area contributed by atoms with E-state index < -0.39 is 0 Å². The summed E-state index contributed by atoms with van der Waals surface area (Å²) in [6.45, 7) is 0. The van der Waals surface area contributed by atoms with Gasteiger partial charge in [0, 0.05) is 11.5 Å². The lowest BCUT2D eigenvalue weighted by molar-refractivity contribution is 0.481. The van der Waals surface area contributed by atoms with E-state index in [-0.39, 0.29) is 0 Å². The standard InChI is InChI=1S/C11H8BrN3O/c1-15-7-11(6-14-15)16-10-3-8(5-13)2-9(12)4-10/h2-4,6-7H,1H3. The van der Waals surface area contributed by atoms with Gasteiger partial charge in [0.15, 0.2) is 5.75 Å². The number of rotatable bonds is 2. The van der Waals surface area contributed by atoms with Gasteiger partial charge in [0.05, 0.1) is 24.0 Å². The molecule has 1 heterocycles. The molecule has 80 valence electrons. The molecule has 0 aliphatic heterocycles. The van der Waals surface area contributed by atoms with Gasteiger partial charge in [-0.15, -0.1) is 0 Å². The van der Waals surface area contributed by atoms with E-state index in [1.807, 2.05) is 7.05 Å². The van der Waals surface area contributed by atoms with Crippen LogP contribution < -0.4 is 4.74 Å². The normalized spacial score (nSPS) is 9.81. The van der Waals surface area contributed by atoms with Gasteiger partial charge in [0.2, 0.25) is 0 Å². The van der Waals surface area contributed by atoms with Crippen molar-refractivity contribution in [2.75, 3.05) is 0 Å². The van der Waals surface area contributed by atoms with E-state index in [1.165, 1.54) is 0 Å². The molecule has 0 aliphatic carbocycles. The Kier molecular flexibility index (Phi) is 2.93. The Balaban J connectivity index is 2.28. The van der Waals surface area contributed by atoms with Crippen molar-refractivity contribution >= 4 is 15.9 Å². The molecule has 0 radical (unpaired) electrons. The fraction of sp³-hybridized carbons (Fsp3) is 0.0909. The first-order valence-electron chi connectivity index (χ1n) is 4.54. The second kappa shape index (κ2) is 4.37. The lowest BCUT2D eigenvalue weighted by atomic mass is 10.2. The third kappa shape index (κ3) is 2.41. The highest BCUT2D eigenvalue weighted by Crippen LogP contribution is 2.25. The van der Waals surface area contributed by atoms with Gasteiger partial charge in [-0.25, -0.2) is 0 Å². The number of benzene rings is 1. The molecule has 0 fully saturated rings. The molecule has 0 unspecified atom stereocenters. The SMILES string of the molecule is Cn1cc(Oc2cc(Br)cc(C#N)c2)cn1. The second-order valence-electron chi connectivity index (χ2n) is 3.24. The van der Waals surface area contributed by atoms with Crippen molar-refractivity contribution in [1.82, 2.24) is 9.78 Å². The van der Waals surface area contributed by atoms with Crippen LogP contribution >= 0.6 is 15.9 Å². The monoisotopic (exact) mass is 277 g/mol. The minimum Gasteiger partial charge on any atom is -0.454 e. The average molecular weight is 278 g/mol. The highest BCUT2D eigenvalue weighted by molar-refractivity contribution is 9.10. The molecule has 0 bridgehead atoms. The van der Waals surface area contributed by atoms with Crippen LogP contribution in [0.15, 0.2) is 35.1 Å². The largest absolute Gasteiger partial charge is 0.454 e. The van der Waals surface area contributed by atoms with E-state index in [9.17, 15) is 0 Å². The summed E-state index contributed by atoms with van der Waals surface area (Å²) in [6.07, 6.45) is 3.37. The molecule has 16 heavy (non-hydrogen) atoms. The number of halogens is 1. The van der Waals surface area contributed by atoms with Gasteiger partial charge < -0.3 is 4.74 Å². The third-order valence-corrected chi connectivity index (χ3v) is 2.38. The van der Waals surface area contributed by atoms with Crippen LogP contribution in [0.4, 0.5) is 0 Å². The summed E-state index contributed by atoms with van der Waals surface area (Å²) in [5.74, 6) is 1.25. The van der Waals surface area contributed by atoms with E-state index in [1.54, 1.807) is 35.3 Å². The van der Waals surface area contributed by atoms with Crippen LogP contribution in [0.3, 0.4) is 0 Å². The smallest absolute Gasteiger partial charge is 0.165 e. The van der Waals surface area contributed by atoms with Crippen LogP contribution in [0, 0.1) is 11.3 Å². The molecule has 0 amide bonds. The molecule has 0 saturated carbocycles. The van der Waals surface area contributed by atoms with Crippen molar-refractivity contribution in [2.24, 2.45) is 7.05 Å². The van der Waals surface area contributed by atoms with Crippen molar-refractivity contribution in [3.8, 4) is 17.6 Å². The Hall–Kier alpha value is -1.80. The summed E-state index contributed by atoms with van der Waals surface area (Å²) in [5, 5.41) is 12.8. The zero-order valence-corrected chi connectivity index (χ0v) is 10.1. The Labute approximate surface area is 101 Å². The predicted octanol–water partition coefficient (Wildman–Crippen LogP) is 2.85. The molecular weight excluding hydrogens is 270 g/mol. The second-order valence-corrected chi connectivity index (χ2v) is 4.15. The number of nitrogens with zero attached hydrogens (tertiary/aromatic N) is 3. The maximum atomic E-state index is 8.81. The van der Waals surface area contributed by atoms with Crippen molar-refractivity contribution in [2.45, 2.75) is 0 Å². The van der Waals surface area contributed by atoms with E-state index >= 15 is 0 Å². The minimum atomic E-state index is 0.549. The summed E-state index contributed by atoms with van der Waals surface area (Å²) in [7, 11) is 1.81. The van der Waals surface area contributed by atoms with E-state index in [0.717, 1.165) is 4.47 Å². The molecule has 2 rings (SSSR count). The molecule has 1 aromatic heterocycles. The predicted molar refractivity (Wildman–Crippen MR) is 62.1 cm³/mol. The molecule has 0 saturated heterocycles. The van der Waals surface area contributed by atoms with Crippen molar-refractivity contribution < 1.29 is 4.74 Å².